The maximum atomic E-state index is 13.0. The van der Waals surface area contributed by atoms with Gasteiger partial charge in [-0.15, -0.1) is 23.1 Å². The van der Waals surface area contributed by atoms with E-state index in [-0.39, 0.29) is 29.2 Å². The zero-order valence-corrected chi connectivity index (χ0v) is 25.8. The maximum Gasteiger partial charge on any atom is 0.338 e. The lowest BCUT2D eigenvalue weighted by atomic mass is 9.72. The highest BCUT2D eigenvalue weighted by Gasteiger charge is 2.40. The van der Waals surface area contributed by atoms with Gasteiger partial charge in [-0.1, -0.05) is 26.8 Å². The summed E-state index contributed by atoms with van der Waals surface area (Å²) >= 11 is 2.70. The van der Waals surface area contributed by atoms with Crippen LogP contribution in [0.25, 0.3) is 0 Å². The number of rotatable bonds is 7. The highest BCUT2D eigenvalue weighted by Crippen LogP contribution is 2.44. The number of benzene rings is 2. The van der Waals surface area contributed by atoms with Crippen LogP contribution in [0.15, 0.2) is 53.4 Å². The van der Waals surface area contributed by atoms with Gasteiger partial charge in [-0.25, -0.2) is 9.69 Å². The Hall–Kier alpha value is -4.14. The number of nitrogen functional groups attached to an aromatic ring is 1. The van der Waals surface area contributed by atoms with Gasteiger partial charge in [-0.05, 0) is 78.6 Å². The number of nitrogens with zero attached hydrogens (tertiary/aromatic N) is 2. The number of hydrogen-bond acceptors (Lipinski definition) is 9. The molecule has 11 heteroatoms. The van der Waals surface area contributed by atoms with Crippen LogP contribution in [0.4, 0.5) is 16.4 Å². The second-order valence-electron chi connectivity index (χ2n) is 11.7. The number of ether oxygens (including phenoxy) is 1. The molecule has 0 spiro atoms. The Labute approximate surface area is 258 Å². The second-order valence-corrected chi connectivity index (χ2v) is 14.1. The molecule has 0 bridgehead atoms. The van der Waals surface area contributed by atoms with Crippen molar-refractivity contribution in [1.29, 1.82) is 5.26 Å². The fraction of sp³-hybridized carbons (Fsp3) is 0.344. The van der Waals surface area contributed by atoms with Crippen LogP contribution in [0.3, 0.4) is 0 Å². The zero-order valence-electron chi connectivity index (χ0n) is 24.1. The number of imide groups is 1. The van der Waals surface area contributed by atoms with Crippen molar-refractivity contribution in [1.82, 2.24) is 0 Å². The molecule has 0 saturated carbocycles. The van der Waals surface area contributed by atoms with Crippen molar-refractivity contribution >= 4 is 63.2 Å². The molecule has 1 aromatic heterocycles. The summed E-state index contributed by atoms with van der Waals surface area (Å²) < 4.78 is 5.21. The van der Waals surface area contributed by atoms with E-state index in [0.29, 0.717) is 27.9 Å². The van der Waals surface area contributed by atoms with Gasteiger partial charge in [0.1, 0.15) is 11.1 Å². The minimum atomic E-state index is -0.727. The lowest BCUT2D eigenvalue weighted by Crippen LogP contribution is -2.31. The first kappa shape index (κ1) is 30.3. The number of fused-ring (bicyclic) bond motifs is 1. The average molecular weight is 617 g/mol. The SMILES string of the molecule is CC(C)(C)C1CCc2c(sc(NC(=O)COC(=O)c3ccc(N4C(=O)CC(Sc5cccc(N)c5)C4=O)cc3)c2C#N)C1. The molecule has 9 nitrogen and oxygen atoms in total. The lowest BCUT2D eigenvalue weighted by molar-refractivity contribution is -0.121. The van der Waals surface area contributed by atoms with Gasteiger partial charge in [0.25, 0.3) is 5.91 Å². The second kappa shape index (κ2) is 12.2. The molecule has 43 heavy (non-hydrogen) atoms. The number of anilines is 3. The van der Waals surface area contributed by atoms with Crippen molar-refractivity contribution in [2.45, 2.75) is 56.6 Å². The number of amides is 3. The Kier molecular flexibility index (Phi) is 8.62. The van der Waals surface area contributed by atoms with Crippen molar-refractivity contribution in [3.8, 4) is 6.07 Å². The van der Waals surface area contributed by atoms with Crippen LogP contribution in [0.2, 0.25) is 0 Å². The lowest BCUT2D eigenvalue weighted by Gasteiger charge is -2.33. The molecule has 1 fully saturated rings. The predicted molar refractivity (Wildman–Crippen MR) is 167 cm³/mol. The van der Waals surface area contributed by atoms with Crippen molar-refractivity contribution in [2.75, 3.05) is 22.6 Å². The van der Waals surface area contributed by atoms with E-state index in [1.165, 1.54) is 47.4 Å². The van der Waals surface area contributed by atoms with E-state index in [9.17, 15) is 24.4 Å². The number of carbonyl (C=O) groups is 4. The molecule has 2 unspecified atom stereocenters. The number of esters is 1. The minimum absolute atomic E-state index is 0.0507. The van der Waals surface area contributed by atoms with E-state index in [1.807, 2.05) is 6.07 Å². The van der Waals surface area contributed by atoms with E-state index in [4.69, 9.17) is 10.5 Å². The van der Waals surface area contributed by atoms with Gasteiger partial charge >= 0.3 is 5.97 Å². The summed E-state index contributed by atoms with van der Waals surface area (Å²) in [4.78, 5) is 54.0. The van der Waals surface area contributed by atoms with Gasteiger partial charge in [-0.2, -0.15) is 5.26 Å². The molecular formula is C32H32N4O5S2. The van der Waals surface area contributed by atoms with E-state index in [2.05, 4.69) is 32.2 Å². The Morgan fingerprint density at radius 2 is 1.91 bits per heavy atom. The summed E-state index contributed by atoms with van der Waals surface area (Å²) in [5.74, 6) is -1.44. The van der Waals surface area contributed by atoms with Crippen molar-refractivity contribution in [2.24, 2.45) is 11.3 Å². The summed E-state index contributed by atoms with van der Waals surface area (Å²) in [5, 5.41) is 12.4. The number of thiophene rings is 1. The highest BCUT2D eigenvalue weighted by molar-refractivity contribution is 8.00. The van der Waals surface area contributed by atoms with Crippen LogP contribution in [-0.4, -0.2) is 35.5 Å². The molecule has 222 valence electrons. The van der Waals surface area contributed by atoms with E-state index < -0.39 is 23.7 Å². The van der Waals surface area contributed by atoms with Crippen LogP contribution in [-0.2, 0) is 32.0 Å². The van der Waals surface area contributed by atoms with Gasteiger partial charge in [0.15, 0.2) is 6.61 Å². The van der Waals surface area contributed by atoms with Gasteiger partial charge in [0.2, 0.25) is 11.8 Å². The molecule has 1 saturated heterocycles. The fourth-order valence-corrected chi connectivity index (χ4v) is 7.79. The Balaban J connectivity index is 1.17. The van der Waals surface area contributed by atoms with Gasteiger partial charge in [0, 0.05) is 21.9 Å². The van der Waals surface area contributed by atoms with Crippen LogP contribution < -0.4 is 16.0 Å². The number of carbonyl (C=O) groups excluding carboxylic acids is 4. The summed E-state index contributed by atoms with van der Waals surface area (Å²) in [5.41, 5.74) is 8.56. The van der Waals surface area contributed by atoms with Gasteiger partial charge < -0.3 is 15.8 Å². The van der Waals surface area contributed by atoms with Crippen LogP contribution in [0.1, 0.15) is 60.0 Å². The van der Waals surface area contributed by atoms with Crippen LogP contribution >= 0.6 is 23.1 Å². The summed E-state index contributed by atoms with van der Waals surface area (Å²) in [6, 6.07) is 15.3. The number of nitrogens with one attached hydrogen (secondary N) is 1. The molecule has 5 rings (SSSR count). The molecule has 3 N–H and O–H groups in total. The molecule has 1 aliphatic heterocycles. The molecule has 2 heterocycles. The predicted octanol–water partition coefficient (Wildman–Crippen LogP) is 5.57. The largest absolute Gasteiger partial charge is 0.452 e. The van der Waals surface area contributed by atoms with Crippen LogP contribution in [0.5, 0.6) is 0 Å². The monoisotopic (exact) mass is 616 g/mol. The average Bonchev–Trinajstić information content (AvgIpc) is 3.45. The fourth-order valence-electron chi connectivity index (χ4n) is 5.37. The van der Waals surface area contributed by atoms with Crippen LogP contribution in [0, 0.1) is 22.7 Å². The molecule has 2 atom stereocenters. The summed E-state index contributed by atoms with van der Waals surface area (Å²) in [6.07, 6.45) is 2.72. The van der Waals surface area contributed by atoms with E-state index in [0.717, 1.165) is 39.5 Å². The third-order valence-electron chi connectivity index (χ3n) is 7.79. The third-order valence-corrected chi connectivity index (χ3v) is 10.1. The first-order valence-electron chi connectivity index (χ1n) is 13.9. The molecular weight excluding hydrogens is 585 g/mol. The van der Waals surface area contributed by atoms with Gasteiger partial charge in [0.05, 0.1) is 22.1 Å². The Morgan fingerprint density at radius 3 is 2.58 bits per heavy atom. The number of nitrogens with two attached hydrogens (primary N) is 1. The van der Waals surface area contributed by atoms with E-state index in [1.54, 1.807) is 18.2 Å². The van der Waals surface area contributed by atoms with Crippen molar-refractivity contribution < 1.29 is 23.9 Å². The summed E-state index contributed by atoms with van der Waals surface area (Å²) in [7, 11) is 0. The topological polar surface area (TPSA) is 143 Å². The van der Waals surface area contributed by atoms with E-state index >= 15 is 0 Å². The van der Waals surface area contributed by atoms with Gasteiger partial charge in [-0.3, -0.25) is 14.4 Å². The Bertz CT molecular complexity index is 1630. The minimum Gasteiger partial charge on any atom is -0.452 e. The molecule has 3 aromatic rings. The molecule has 0 radical (unpaired) electrons. The first-order valence-corrected chi connectivity index (χ1v) is 15.6. The van der Waals surface area contributed by atoms with Crippen molar-refractivity contribution in [3.05, 3.63) is 70.1 Å². The normalized spacial score (nSPS) is 18.2. The molecule has 1 aliphatic carbocycles. The maximum absolute atomic E-state index is 13.0. The molecule has 2 aromatic carbocycles. The first-order chi connectivity index (χ1) is 20.4. The number of nitriles is 1. The smallest absolute Gasteiger partial charge is 0.338 e. The number of hydrogen-bond donors (Lipinski definition) is 2. The third kappa shape index (κ3) is 6.60. The summed E-state index contributed by atoms with van der Waals surface area (Å²) in [6.45, 7) is 6.13. The quantitative estimate of drug-likeness (QED) is 0.199. The molecule has 2 aliphatic rings. The number of thioether (sulfide) groups is 1. The zero-order chi connectivity index (χ0) is 30.9. The Morgan fingerprint density at radius 1 is 1.16 bits per heavy atom. The van der Waals surface area contributed by atoms with Crippen molar-refractivity contribution in [3.63, 3.8) is 0 Å². The molecule has 3 amide bonds. The standard InChI is InChI=1S/C32H32N4O5S2/c1-32(2,3)19-9-12-23-24(16-33)29(43-25(23)13-19)35-27(37)17-41-31(40)18-7-10-21(11-8-18)36-28(38)15-26(30(36)39)42-22-6-4-5-20(34)14-22/h4-8,10-11,14,19,26H,9,12-13,15,17,34H2,1-3H3,(H,35,37). The highest BCUT2D eigenvalue weighted by atomic mass is 32.2.